The molecule has 2 aliphatic rings. The first-order chi connectivity index (χ1) is 15.2. The van der Waals surface area contributed by atoms with E-state index in [0.717, 1.165) is 77.0 Å². The lowest BCUT2D eigenvalue weighted by Gasteiger charge is -2.36. The Hall–Kier alpha value is -1.65. The fourth-order valence-electron chi connectivity index (χ4n) is 4.59. The summed E-state index contributed by atoms with van der Waals surface area (Å²) in [7, 11) is 0. The zero-order valence-corrected chi connectivity index (χ0v) is 21.7. The summed E-state index contributed by atoms with van der Waals surface area (Å²) in [4.78, 5) is 14.2. The third-order valence-electron chi connectivity index (χ3n) is 6.27. The van der Waals surface area contributed by atoms with Crippen molar-refractivity contribution in [3.05, 3.63) is 54.1 Å². The van der Waals surface area contributed by atoms with Crippen LogP contribution in [-0.4, -0.2) is 76.8 Å². The summed E-state index contributed by atoms with van der Waals surface area (Å²) >= 11 is 0. The molecule has 0 bridgehead atoms. The van der Waals surface area contributed by atoms with Crippen molar-refractivity contribution in [3.63, 3.8) is 0 Å². The van der Waals surface area contributed by atoms with Crippen LogP contribution in [0.3, 0.4) is 0 Å². The van der Waals surface area contributed by atoms with Crippen molar-refractivity contribution in [2.24, 2.45) is 4.99 Å². The van der Waals surface area contributed by atoms with E-state index in [-0.39, 0.29) is 30.1 Å². The highest BCUT2D eigenvalue weighted by Crippen LogP contribution is 2.24. The van der Waals surface area contributed by atoms with E-state index in [2.05, 4.69) is 75.0 Å². The van der Waals surface area contributed by atoms with Gasteiger partial charge < -0.3 is 19.5 Å². The van der Waals surface area contributed by atoms with Gasteiger partial charge in [0.25, 0.3) is 0 Å². The summed E-state index contributed by atoms with van der Waals surface area (Å²) in [5.41, 5.74) is 1.37. The number of rotatable bonds is 8. The highest BCUT2D eigenvalue weighted by Gasteiger charge is 2.41. The summed E-state index contributed by atoms with van der Waals surface area (Å²) in [6.45, 7) is 11.6. The molecule has 2 aromatic rings. The number of aromatic nitrogens is 2. The van der Waals surface area contributed by atoms with E-state index in [1.165, 1.54) is 5.56 Å². The molecule has 2 aliphatic heterocycles. The van der Waals surface area contributed by atoms with Crippen molar-refractivity contribution >= 4 is 29.9 Å². The van der Waals surface area contributed by atoms with E-state index >= 15 is 0 Å². The van der Waals surface area contributed by atoms with Crippen LogP contribution < -0.4 is 5.32 Å². The quantitative estimate of drug-likeness (QED) is 0.236. The summed E-state index contributed by atoms with van der Waals surface area (Å²) in [6, 6.07) is 11.2. The molecule has 2 unspecified atom stereocenters. The number of hydrogen-bond acceptors (Lipinski definition) is 4. The van der Waals surface area contributed by atoms with Gasteiger partial charge in [-0.1, -0.05) is 30.3 Å². The zero-order chi connectivity index (χ0) is 21.5. The second-order valence-electron chi connectivity index (χ2n) is 8.45. The van der Waals surface area contributed by atoms with Crippen LogP contribution in [0.15, 0.2) is 47.7 Å². The van der Waals surface area contributed by atoms with Gasteiger partial charge in [0, 0.05) is 58.2 Å². The highest BCUT2D eigenvalue weighted by atomic mass is 127. The first kappa shape index (κ1) is 25.0. The first-order valence-corrected chi connectivity index (χ1v) is 11.6. The molecule has 7 nitrogen and oxygen atoms in total. The number of nitrogens with one attached hydrogen (secondary N) is 1. The fourth-order valence-corrected chi connectivity index (χ4v) is 4.59. The molecule has 0 amide bonds. The number of fused-ring (bicyclic) bond motifs is 1. The molecular formula is C24H37IN6O. The van der Waals surface area contributed by atoms with Gasteiger partial charge in [-0.05, 0) is 32.3 Å². The lowest BCUT2D eigenvalue weighted by Crippen LogP contribution is -2.50. The number of nitrogens with zero attached hydrogens (tertiary/aromatic N) is 5. The number of imidazole rings is 1. The van der Waals surface area contributed by atoms with Crippen molar-refractivity contribution in [2.45, 2.75) is 51.9 Å². The molecule has 1 N–H and O–H groups in total. The number of morpholine rings is 1. The van der Waals surface area contributed by atoms with E-state index < -0.39 is 0 Å². The average Bonchev–Trinajstić information content (AvgIpc) is 3.40. The Balaban J connectivity index is 0.00000289. The second kappa shape index (κ2) is 12.6. The van der Waals surface area contributed by atoms with Gasteiger partial charge in [0.15, 0.2) is 5.96 Å². The number of likely N-dealkylation sites (tertiary alicyclic amines) is 1. The van der Waals surface area contributed by atoms with Crippen molar-refractivity contribution in [2.75, 3.05) is 39.3 Å². The molecule has 176 valence electrons. The highest BCUT2D eigenvalue weighted by molar-refractivity contribution is 14.0. The van der Waals surface area contributed by atoms with E-state index in [1.54, 1.807) is 0 Å². The maximum Gasteiger partial charge on any atom is 0.194 e. The topological polar surface area (TPSA) is 57.9 Å². The van der Waals surface area contributed by atoms with Crippen LogP contribution in [0.5, 0.6) is 0 Å². The van der Waals surface area contributed by atoms with Crippen molar-refractivity contribution in [1.29, 1.82) is 0 Å². The Morgan fingerprint density at radius 1 is 1.22 bits per heavy atom. The van der Waals surface area contributed by atoms with Gasteiger partial charge in [0.05, 0.1) is 18.8 Å². The van der Waals surface area contributed by atoms with Crippen LogP contribution in [0, 0.1) is 6.92 Å². The molecule has 8 heteroatoms. The van der Waals surface area contributed by atoms with Crippen LogP contribution in [0.1, 0.15) is 31.2 Å². The summed E-state index contributed by atoms with van der Waals surface area (Å²) in [6.07, 6.45) is 6.36. The van der Waals surface area contributed by atoms with Crippen molar-refractivity contribution in [1.82, 2.24) is 24.7 Å². The van der Waals surface area contributed by atoms with Crippen LogP contribution in [0.2, 0.25) is 0 Å². The Morgan fingerprint density at radius 3 is 2.81 bits per heavy atom. The Morgan fingerprint density at radius 2 is 2.06 bits per heavy atom. The largest absolute Gasteiger partial charge is 0.373 e. The van der Waals surface area contributed by atoms with Crippen molar-refractivity contribution in [3.8, 4) is 0 Å². The Bertz CT molecular complexity index is 842. The van der Waals surface area contributed by atoms with Crippen LogP contribution in [-0.2, 0) is 17.8 Å². The van der Waals surface area contributed by atoms with E-state index in [4.69, 9.17) is 9.73 Å². The number of guanidine groups is 1. The predicted octanol–water partition coefficient (Wildman–Crippen LogP) is 3.14. The van der Waals surface area contributed by atoms with Gasteiger partial charge in [-0.3, -0.25) is 9.89 Å². The fraction of sp³-hybridized carbons (Fsp3) is 0.583. The minimum absolute atomic E-state index is 0. The van der Waals surface area contributed by atoms with Crippen LogP contribution in [0.25, 0.3) is 0 Å². The molecule has 0 saturated carbocycles. The van der Waals surface area contributed by atoms with Gasteiger partial charge in [0.2, 0.25) is 0 Å². The summed E-state index contributed by atoms with van der Waals surface area (Å²) in [5, 5.41) is 3.50. The molecule has 4 rings (SSSR count). The van der Waals surface area contributed by atoms with Gasteiger partial charge in [0.1, 0.15) is 5.82 Å². The third kappa shape index (κ3) is 6.45. The molecule has 1 aromatic heterocycles. The summed E-state index contributed by atoms with van der Waals surface area (Å²) < 4.78 is 8.36. The number of aliphatic imine (C=N–C) groups is 1. The Labute approximate surface area is 209 Å². The molecule has 2 fully saturated rings. The van der Waals surface area contributed by atoms with E-state index in [1.807, 2.05) is 6.20 Å². The summed E-state index contributed by atoms with van der Waals surface area (Å²) in [5.74, 6) is 2.11. The third-order valence-corrected chi connectivity index (χ3v) is 6.27. The normalized spacial score (nSPS) is 21.3. The monoisotopic (exact) mass is 552 g/mol. The van der Waals surface area contributed by atoms with Gasteiger partial charge in [-0.25, -0.2) is 4.98 Å². The lowest BCUT2D eigenvalue weighted by molar-refractivity contribution is -0.0502. The smallest absolute Gasteiger partial charge is 0.194 e. The molecule has 1 aromatic carbocycles. The maximum atomic E-state index is 6.15. The van der Waals surface area contributed by atoms with E-state index in [0.29, 0.717) is 6.04 Å². The molecule has 0 radical (unpaired) electrons. The molecular weight excluding hydrogens is 515 g/mol. The van der Waals surface area contributed by atoms with Gasteiger partial charge in [-0.2, -0.15) is 0 Å². The average molecular weight is 553 g/mol. The lowest BCUT2D eigenvalue weighted by atomic mass is 10.1. The SMILES string of the molecule is CCNC(=NCCCCn1ccnc1C)N1CC2OCCN(Cc3ccccc3)C2C1.I. The predicted molar refractivity (Wildman–Crippen MR) is 140 cm³/mol. The van der Waals surface area contributed by atoms with Crippen LogP contribution in [0.4, 0.5) is 0 Å². The number of ether oxygens (including phenoxy) is 1. The van der Waals surface area contributed by atoms with Crippen molar-refractivity contribution < 1.29 is 4.74 Å². The molecule has 3 heterocycles. The standard InChI is InChI=1S/C24H36N6O.HI/c1-3-25-24(27-11-7-8-13-28-14-12-26-20(28)2)30-18-22-23(19-30)31-16-15-29(22)17-21-9-5-4-6-10-21;/h4-6,9-10,12,14,22-23H,3,7-8,11,13,15-19H2,1-2H3,(H,25,27);1H. The second-order valence-corrected chi connectivity index (χ2v) is 8.45. The molecule has 2 atom stereocenters. The molecule has 0 aliphatic carbocycles. The molecule has 0 spiro atoms. The maximum absolute atomic E-state index is 6.15. The number of unbranched alkanes of at least 4 members (excludes halogenated alkanes) is 1. The number of halogens is 1. The minimum atomic E-state index is 0. The zero-order valence-electron chi connectivity index (χ0n) is 19.3. The van der Waals surface area contributed by atoms with E-state index in [9.17, 15) is 0 Å². The minimum Gasteiger partial charge on any atom is -0.373 e. The molecule has 2 saturated heterocycles. The van der Waals surface area contributed by atoms with Gasteiger partial charge >= 0.3 is 0 Å². The van der Waals surface area contributed by atoms with Gasteiger partial charge in [-0.15, -0.1) is 24.0 Å². The first-order valence-electron chi connectivity index (χ1n) is 11.6. The number of benzene rings is 1. The number of hydrogen-bond donors (Lipinski definition) is 1. The molecule has 32 heavy (non-hydrogen) atoms. The number of aryl methyl sites for hydroxylation is 2. The Kier molecular flexibility index (Phi) is 9.80. The van der Waals surface area contributed by atoms with Crippen LogP contribution >= 0.6 is 24.0 Å².